The average Bonchev–Trinajstić information content (AvgIpc) is 3.24. The molecule has 3 rings (SSSR count). The van der Waals surface area contributed by atoms with Crippen LogP contribution in [0.4, 0.5) is 0 Å². The molecular formula is C16H23N5O2. The fraction of sp³-hybridized carbons (Fsp3) is 0.562. The molecule has 0 aliphatic heterocycles. The van der Waals surface area contributed by atoms with Gasteiger partial charge in [-0.2, -0.15) is 5.10 Å². The molecule has 0 radical (unpaired) electrons. The summed E-state index contributed by atoms with van der Waals surface area (Å²) in [6, 6.07) is 1.75. The van der Waals surface area contributed by atoms with Crippen LogP contribution in [0, 0.1) is 5.92 Å². The summed E-state index contributed by atoms with van der Waals surface area (Å²) < 4.78 is 3.84. The standard InChI is InChI=1S/C16H23N5O2/c22-15-10-13(11-21-7-2-4-18-21)9-14(15)19-16(23)3-1-6-20-8-5-17-12-20/h2,4-5,7-8,12-15,22H,1,3,6,9-11H2,(H,19,23)/t13?,14-,15-/m1/s1. The fourth-order valence-corrected chi connectivity index (χ4v) is 3.22. The molecule has 1 amide bonds. The van der Waals surface area contributed by atoms with Crippen LogP contribution in [0.3, 0.4) is 0 Å². The second-order valence-corrected chi connectivity index (χ2v) is 6.21. The molecule has 124 valence electrons. The van der Waals surface area contributed by atoms with Gasteiger partial charge < -0.3 is 15.0 Å². The predicted molar refractivity (Wildman–Crippen MR) is 84.3 cm³/mol. The molecule has 0 saturated heterocycles. The third kappa shape index (κ3) is 4.41. The number of aromatic nitrogens is 4. The van der Waals surface area contributed by atoms with E-state index < -0.39 is 6.10 Å². The van der Waals surface area contributed by atoms with Gasteiger partial charge in [0.2, 0.25) is 5.91 Å². The van der Waals surface area contributed by atoms with Crippen molar-refractivity contribution in [3.05, 3.63) is 37.2 Å². The number of hydrogen-bond acceptors (Lipinski definition) is 4. The van der Waals surface area contributed by atoms with Crippen LogP contribution in [0.2, 0.25) is 0 Å². The first kappa shape index (κ1) is 15.7. The molecule has 7 nitrogen and oxygen atoms in total. The van der Waals surface area contributed by atoms with Crippen LogP contribution < -0.4 is 5.32 Å². The smallest absolute Gasteiger partial charge is 0.220 e. The first-order chi connectivity index (χ1) is 11.2. The highest BCUT2D eigenvalue weighted by molar-refractivity contribution is 5.76. The van der Waals surface area contributed by atoms with Crippen molar-refractivity contribution in [1.82, 2.24) is 24.6 Å². The monoisotopic (exact) mass is 317 g/mol. The minimum atomic E-state index is -0.465. The molecule has 0 spiro atoms. The summed E-state index contributed by atoms with van der Waals surface area (Å²) in [6.45, 7) is 1.57. The molecule has 2 aromatic rings. The molecule has 7 heteroatoms. The van der Waals surface area contributed by atoms with Crippen molar-refractivity contribution in [2.45, 2.75) is 50.9 Å². The molecule has 1 saturated carbocycles. The summed E-state index contributed by atoms with van der Waals surface area (Å²) in [4.78, 5) is 16.0. The van der Waals surface area contributed by atoms with Gasteiger partial charge in [0.15, 0.2) is 0 Å². The number of aliphatic hydroxyl groups is 1. The number of hydrogen-bond donors (Lipinski definition) is 2. The van der Waals surface area contributed by atoms with Crippen LogP contribution >= 0.6 is 0 Å². The van der Waals surface area contributed by atoms with E-state index in [1.54, 1.807) is 18.7 Å². The molecule has 2 N–H and O–H groups in total. The normalized spacial score (nSPS) is 24.0. The van der Waals surface area contributed by atoms with Crippen molar-refractivity contribution in [1.29, 1.82) is 0 Å². The highest BCUT2D eigenvalue weighted by Crippen LogP contribution is 2.27. The number of carbonyl (C=O) groups excluding carboxylic acids is 1. The van der Waals surface area contributed by atoms with E-state index in [-0.39, 0.29) is 11.9 Å². The van der Waals surface area contributed by atoms with Crippen molar-refractivity contribution in [3.63, 3.8) is 0 Å². The zero-order valence-electron chi connectivity index (χ0n) is 13.1. The van der Waals surface area contributed by atoms with E-state index in [1.165, 1.54) is 0 Å². The lowest BCUT2D eigenvalue weighted by molar-refractivity contribution is -0.122. The Labute approximate surface area is 135 Å². The Morgan fingerprint density at radius 2 is 2.22 bits per heavy atom. The lowest BCUT2D eigenvalue weighted by Crippen LogP contribution is -2.39. The second-order valence-electron chi connectivity index (χ2n) is 6.21. The van der Waals surface area contributed by atoms with Gasteiger partial charge >= 0.3 is 0 Å². The highest BCUT2D eigenvalue weighted by Gasteiger charge is 2.33. The molecule has 1 fully saturated rings. The zero-order valence-corrected chi connectivity index (χ0v) is 13.1. The number of carbonyl (C=O) groups is 1. The van der Waals surface area contributed by atoms with Gasteiger partial charge in [0, 0.05) is 44.3 Å². The molecule has 1 unspecified atom stereocenters. The Hall–Kier alpha value is -2.15. The molecule has 0 bridgehead atoms. The molecule has 0 aromatic carbocycles. The average molecular weight is 317 g/mol. The zero-order chi connectivity index (χ0) is 16.1. The van der Waals surface area contributed by atoms with Crippen molar-refractivity contribution >= 4 is 5.91 Å². The summed E-state index contributed by atoms with van der Waals surface area (Å²) in [5.41, 5.74) is 0. The van der Waals surface area contributed by atoms with E-state index in [0.717, 1.165) is 25.9 Å². The van der Waals surface area contributed by atoms with E-state index in [1.807, 2.05) is 27.7 Å². The molecule has 1 aliphatic carbocycles. The Bertz CT molecular complexity index is 596. The third-order valence-electron chi connectivity index (χ3n) is 4.36. The molecule has 23 heavy (non-hydrogen) atoms. The van der Waals surface area contributed by atoms with E-state index in [0.29, 0.717) is 18.8 Å². The molecular weight excluding hydrogens is 294 g/mol. The number of amides is 1. The van der Waals surface area contributed by atoms with Crippen LogP contribution in [-0.2, 0) is 17.9 Å². The summed E-state index contributed by atoms with van der Waals surface area (Å²) in [5, 5.41) is 17.3. The Balaban J connectivity index is 1.39. The van der Waals surface area contributed by atoms with E-state index in [4.69, 9.17) is 0 Å². The topological polar surface area (TPSA) is 85.0 Å². The maximum absolute atomic E-state index is 12.0. The van der Waals surface area contributed by atoms with Crippen LogP contribution in [0.5, 0.6) is 0 Å². The van der Waals surface area contributed by atoms with E-state index in [2.05, 4.69) is 15.4 Å². The lowest BCUT2D eigenvalue weighted by atomic mass is 10.1. The van der Waals surface area contributed by atoms with Gasteiger partial charge in [-0.05, 0) is 31.2 Å². The van der Waals surface area contributed by atoms with Crippen LogP contribution in [0.15, 0.2) is 37.2 Å². The van der Waals surface area contributed by atoms with Gasteiger partial charge in [0.05, 0.1) is 18.5 Å². The summed E-state index contributed by atoms with van der Waals surface area (Å²) in [7, 11) is 0. The minimum absolute atomic E-state index is 0.00824. The van der Waals surface area contributed by atoms with Crippen molar-refractivity contribution in [2.24, 2.45) is 5.92 Å². The van der Waals surface area contributed by atoms with Gasteiger partial charge in [0.25, 0.3) is 0 Å². The summed E-state index contributed by atoms with van der Waals surface area (Å²) >= 11 is 0. The van der Waals surface area contributed by atoms with Crippen LogP contribution in [-0.4, -0.2) is 42.5 Å². The van der Waals surface area contributed by atoms with Gasteiger partial charge in [-0.3, -0.25) is 9.48 Å². The number of aryl methyl sites for hydroxylation is 1. The Kier molecular flexibility index (Phi) is 5.07. The third-order valence-corrected chi connectivity index (χ3v) is 4.36. The van der Waals surface area contributed by atoms with Crippen molar-refractivity contribution in [3.8, 4) is 0 Å². The SMILES string of the molecule is O=C(CCCn1ccnc1)N[C@@H]1CC(Cn2cccn2)C[C@H]1O. The van der Waals surface area contributed by atoms with Gasteiger partial charge in [-0.15, -0.1) is 0 Å². The number of rotatable bonds is 7. The number of nitrogens with zero attached hydrogens (tertiary/aromatic N) is 4. The highest BCUT2D eigenvalue weighted by atomic mass is 16.3. The maximum atomic E-state index is 12.0. The van der Waals surface area contributed by atoms with Gasteiger partial charge in [-0.1, -0.05) is 0 Å². The van der Waals surface area contributed by atoms with E-state index >= 15 is 0 Å². The number of aliphatic hydroxyl groups excluding tert-OH is 1. The minimum Gasteiger partial charge on any atom is -0.391 e. The largest absolute Gasteiger partial charge is 0.391 e. The molecule has 2 aromatic heterocycles. The molecule has 3 atom stereocenters. The first-order valence-electron chi connectivity index (χ1n) is 8.11. The Morgan fingerprint density at radius 3 is 2.96 bits per heavy atom. The second kappa shape index (κ2) is 7.41. The molecule has 1 aliphatic rings. The van der Waals surface area contributed by atoms with Gasteiger partial charge in [0.1, 0.15) is 0 Å². The fourth-order valence-electron chi connectivity index (χ4n) is 3.22. The summed E-state index contributed by atoms with van der Waals surface area (Å²) in [6.07, 6.45) is 11.3. The van der Waals surface area contributed by atoms with Crippen molar-refractivity contribution < 1.29 is 9.90 Å². The maximum Gasteiger partial charge on any atom is 0.220 e. The van der Waals surface area contributed by atoms with Crippen LogP contribution in [0.25, 0.3) is 0 Å². The number of imidazole rings is 1. The number of nitrogens with one attached hydrogen (secondary N) is 1. The van der Waals surface area contributed by atoms with E-state index in [9.17, 15) is 9.90 Å². The van der Waals surface area contributed by atoms with Crippen LogP contribution in [0.1, 0.15) is 25.7 Å². The lowest BCUT2D eigenvalue weighted by Gasteiger charge is -2.16. The molecule has 2 heterocycles. The van der Waals surface area contributed by atoms with Crippen molar-refractivity contribution in [2.75, 3.05) is 0 Å². The summed E-state index contributed by atoms with van der Waals surface area (Å²) in [5.74, 6) is 0.357. The predicted octanol–water partition coefficient (Wildman–Crippen LogP) is 0.816. The van der Waals surface area contributed by atoms with Gasteiger partial charge in [-0.25, -0.2) is 4.98 Å². The first-order valence-corrected chi connectivity index (χ1v) is 8.11. The Morgan fingerprint density at radius 1 is 1.30 bits per heavy atom. The quantitative estimate of drug-likeness (QED) is 0.791.